The van der Waals surface area contributed by atoms with Crippen LogP contribution in [-0.4, -0.2) is 35.1 Å². The van der Waals surface area contributed by atoms with Gasteiger partial charge in [-0.1, -0.05) is 12.2 Å². The van der Waals surface area contributed by atoms with Crippen LogP contribution in [0.4, 0.5) is 0 Å². The van der Waals surface area contributed by atoms with Gasteiger partial charge in [0.1, 0.15) is 0 Å². The number of rotatable bonds is 3. The first-order chi connectivity index (χ1) is 6.20. The number of carbonyl (C=O) groups is 1. The molecule has 0 saturated carbocycles. The predicted octanol–water partition coefficient (Wildman–Crippen LogP) is 0.936. The van der Waals surface area contributed by atoms with Crippen molar-refractivity contribution < 1.29 is 9.90 Å². The molecule has 0 saturated heterocycles. The van der Waals surface area contributed by atoms with E-state index in [1.54, 1.807) is 6.92 Å². The van der Waals surface area contributed by atoms with E-state index in [-0.39, 0.29) is 12.0 Å². The van der Waals surface area contributed by atoms with Crippen molar-refractivity contribution in [1.82, 2.24) is 4.90 Å². The van der Waals surface area contributed by atoms with Crippen LogP contribution in [0.1, 0.15) is 26.2 Å². The summed E-state index contributed by atoms with van der Waals surface area (Å²) >= 11 is 0. The SMILES string of the molecule is CC(O)CCC(=O)N1CC=CCC1. The molecule has 1 aliphatic heterocycles. The van der Waals surface area contributed by atoms with E-state index in [9.17, 15) is 4.79 Å². The van der Waals surface area contributed by atoms with E-state index in [2.05, 4.69) is 6.08 Å². The van der Waals surface area contributed by atoms with Gasteiger partial charge in [0.25, 0.3) is 0 Å². The molecule has 0 aliphatic carbocycles. The predicted molar refractivity (Wildman–Crippen MR) is 51.3 cm³/mol. The molecule has 1 aliphatic rings. The van der Waals surface area contributed by atoms with E-state index >= 15 is 0 Å². The third kappa shape index (κ3) is 3.59. The van der Waals surface area contributed by atoms with Crippen molar-refractivity contribution in [1.29, 1.82) is 0 Å². The molecule has 3 heteroatoms. The molecule has 13 heavy (non-hydrogen) atoms. The van der Waals surface area contributed by atoms with Gasteiger partial charge in [-0.05, 0) is 19.8 Å². The van der Waals surface area contributed by atoms with Crippen molar-refractivity contribution in [2.24, 2.45) is 0 Å². The molecular weight excluding hydrogens is 166 g/mol. The lowest BCUT2D eigenvalue weighted by atomic mass is 10.2. The van der Waals surface area contributed by atoms with Crippen molar-refractivity contribution in [3.63, 3.8) is 0 Å². The molecular formula is C10H17NO2. The maximum absolute atomic E-state index is 11.5. The molecule has 1 amide bonds. The lowest BCUT2D eigenvalue weighted by Gasteiger charge is -2.23. The fourth-order valence-electron chi connectivity index (χ4n) is 1.36. The molecule has 0 fully saturated rings. The molecule has 0 aromatic carbocycles. The second-order valence-corrected chi connectivity index (χ2v) is 3.49. The quantitative estimate of drug-likeness (QED) is 0.661. The molecule has 0 aromatic heterocycles. The number of hydrogen-bond acceptors (Lipinski definition) is 2. The number of hydrogen-bond donors (Lipinski definition) is 1. The Bertz CT molecular complexity index is 199. The molecule has 1 atom stereocenters. The number of nitrogens with zero attached hydrogens (tertiary/aromatic N) is 1. The molecule has 1 N–H and O–H groups in total. The van der Waals surface area contributed by atoms with Gasteiger partial charge in [0.2, 0.25) is 5.91 Å². The third-order valence-electron chi connectivity index (χ3n) is 2.19. The zero-order chi connectivity index (χ0) is 9.68. The molecule has 0 aromatic rings. The van der Waals surface area contributed by atoms with E-state index in [1.165, 1.54) is 0 Å². The van der Waals surface area contributed by atoms with Crippen molar-refractivity contribution in [3.05, 3.63) is 12.2 Å². The highest BCUT2D eigenvalue weighted by molar-refractivity contribution is 5.76. The average Bonchev–Trinajstić information content (AvgIpc) is 2.15. The van der Waals surface area contributed by atoms with E-state index in [1.807, 2.05) is 11.0 Å². The summed E-state index contributed by atoms with van der Waals surface area (Å²) in [4.78, 5) is 13.3. The summed E-state index contributed by atoms with van der Waals surface area (Å²) < 4.78 is 0. The number of carbonyl (C=O) groups excluding carboxylic acids is 1. The smallest absolute Gasteiger partial charge is 0.222 e. The van der Waals surface area contributed by atoms with Crippen molar-refractivity contribution >= 4 is 5.91 Å². The number of amides is 1. The molecule has 0 bridgehead atoms. The minimum absolute atomic E-state index is 0.158. The number of aliphatic hydroxyl groups is 1. The topological polar surface area (TPSA) is 40.5 Å². The van der Waals surface area contributed by atoms with Crippen LogP contribution in [-0.2, 0) is 4.79 Å². The van der Waals surface area contributed by atoms with Crippen LogP contribution in [0.3, 0.4) is 0 Å². The fourth-order valence-corrected chi connectivity index (χ4v) is 1.36. The maximum atomic E-state index is 11.5. The molecule has 1 rings (SSSR count). The Labute approximate surface area is 79.0 Å². The molecule has 0 radical (unpaired) electrons. The van der Waals surface area contributed by atoms with E-state index in [0.717, 1.165) is 19.5 Å². The van der Waals surface area contributed by atoms with Gasteiger partial charge in [-0.2, -0.15) is 0 Å². The highest BCUT2D eigenvalue weighted by Crippen LogP contribution is 2.06. The fraction of sp³-hybridized carbons (Fsp3) is 0.700. The Morgan fingerprint density at radius 3 is 2.92 bits per heavy atom. The highest BCUT2D eigenvalue weighted by Gasteiger charge is 2.13. The van der Waals surface area contributed by atoms with E-state index < -0.39 is 0 Å². The largest absolute Gasteiger partial charge is 0.393 e. The summed E-state index contributed by atoms with van der Waals surface area (Å²) in [5.74, 6) is 0.158. The Kier molecular flexibility index (Phi) is 3.96. The van der Waals surface area contributed by atoms with E-state index in [0.29, 0.717) is 12.8 Å². The second kappa shape index (κ2) is 5.02. The summed E-state index contributed by atoms with van der Waals surface area (Å²) in [6.45, 7) is 3.27. The Hall–Kier alpha value is -0.830. The lowest BCUT2D eigenvalue weighted by molar-refractivity contribution is -0.131. The maximum Gasteiger partial charge on any atom is 0.222 e. The average molecular weight is 183 g/mol. The van der Waals surface area contributed by atoms with Crippen LogP contribution >= 0.6 is 0 Å². The zero-order valence-electron chi connectivity index (χ0n) is 8.07. The molecule has 74 valence electrons. The lowest BCUT2D eigenvalue weighted by Crippen LogP contribution is -2.33. The Balaban J connectivity index is 2.26. The van der Waals surface area contributed by atoms with Gasteiger partial charge >= 0.3 is 0 Å². The van der Waals surface area contributed by atoms with Gasteiger partial charge in [0.05, 0.1) is 6.10 Å². The summed E-state index contributed by atoms with van der Waals surface area (Å²) in [6, 6.07) is 0. The Morgan fingerprint density at radius 2 is 2.38 bits per heavy atom. The molecule has 3 nitrogen and oxygen atoms in total. The zero-order valence-corrected chi connectivity index (χ0v) is 8.07. The summed E-state index contributed by atoms with van der Waals surface area (Å²) in [7, 11) is 0. The molecule has 0 spiro atoms. The van der Waals surface area contributed by atoms with Gasteiger partial charge in [0, 0.05) is 19.5 Å². The summed E-state index contributed by atoms with van der Waals surface area (Å²) in [5.41, 5.74) is 0. The van der Waals surface area contributed by atoms with Crippen LogP contribution in [0.2, 0.25) is 0 Å². The van der Waals surface area contributed by atoms with E-state index in [4.69, 9.17) is 5.11 Å². The van der Waals surface area contributed by atoms with Gasteiger partial charge in [0.15, 0.2) is 0 Å². The molecule has 1 unspecified atom stereocenters. The van der Waals surface area contributed by atoms with Crippen molar-refractivity contribution in [3.8, 4) is 0 Å². The van der Waals surface area contributed by atoms with Crippen molar-refractivity contribution in [2.75, 3.05) is 13.1 Å². The normalized spacial score (nSPS) is 18.8. The summed E-state index contributed by atoms with van der Waals surface area (Å²) in [5, 5.41) is 9.01. The Morgan fingerprint density at radius 1 is 1.62 bits per heavy atom. The van der Waals surface area contributed by atoms with Crippen molar-refractivity contribution in [2.45, 2.75) is 32.3 Å². The first-order valence-corrected chi connectivity index (χ1v) is 4.81. The molecule has 1 heterocycles. The van der Waals surface area contributed by atoms with Crippen LogP contribution in [0.25, 0.3) is 0 Å². The van der Waals surface area contributed by atoms with Crippen LogP contribution in [0.15, 0.2) is 12.2 Å². The minimum atomic E-state index is -0.371. The summed E-state index contributed by atoms with van der Waals surface area (Å²) in [6.07, 6.45) is 5.73. The van der Waals surface area contributed by atoms with Gasteiger partial charge in [-0.25, -0.2) is 0 Å². The third-order valence-corrected chi connectivity index (χ3v) is 2.19. The second-order valence-electron chi connectivity index (χ2n) is 3.49. The first-order valence-electron chi connectivity index (χ1n) is 4.81. The minimum Gasteiger partial charge on any atom is -0.393 e. The van der Waals surface area contributed by atoms with Gasteiger partial charge in [-0.15, -0.1) is 0 Å². The van der Waals surface area contributed by atoms with Crippen LogP contribution in [0.5, 0.6) is 0 Å². The highest BCUT2D eigenvalue weighted by atomic mass is 16.3. The van der Waals surface area contributed by atoms with Crippen LogP contribution < -0.4 is 0 Å². The standard InChI is InChI=1S/C10H17NO2/c1-9(12)5-6-10(13)11-7-3-2-4-8-11/h2-3,9,12H,4-8H2,1H3. The first kappa shape index (κ1) is 10.3. The monoisotopic (exact) mass is 183 g/mol. The van der Waals surface area contributed by atoms with Crippen LogP contribution in [0, 0.1) is 0 Å². The van der Waals surface area contributed by atoms with Gasteiger partial charge in [-0.3, -0.25) is 4.79 Å². The number of aliphatic hydroxyl groups excluding tert-OH is 1. The van der Waals surface area contributed by atoms with Gasteiger partial charge < -0.3 is 10.0 Å².